The number of nitrogens with zero attached hydrogens (tertiary/aromatic N) is 1. The fourth-order valence-corrected chi connectivity index (χ4v) is 5.52. The van der Waals surface area contributed by atoms with Gasteiger partial charge >= 0.3 is 5.97 Å². The molecule has 40 heavy (non-hydrogen) atoms. The number of rotatable bonds is 8. The number of aromatic nitrogens is 1. The molecule has 2 N–H and O–H groups in total. The number of carboxylic acids is 1. The van der Waals surface area contributed by atoms with E-state index in [2.05, 4.69) is 10.3 Å². The van der Waals surface area contributed by atoms with E-state index in [1.165, 1.54) is 0 Å². The summed E-state index contributed by atoms with van der Waals surface area (Å²) < 4.78 is 5.77. The van der Waals surface area contributed by atoms with E-state index >= 15 is 0 Å². The van der Waals surface area contributed by atoms with Crippen molar-refractivity contribution in [3.8, 4) is 5.75 Å². The first kappa shape index (κ1) is 29.3. The number of thiazole rings is 1. The molecule has 1 unspecified atom stereocenters. The Kier molecular flexibility index (Phi) is 9.61. The molecule has 2 aliphatic rings. The average molecular weight is 577 g/mol. The van der Waals surface area contributed by atoms with Crippen molar-refractivity contribution in [1.29, 1.82) is 0 Å². The van der Waals surface area contributed by atoms with Crippen molar-refractivity contribution in [2.75, 3.05) is 0 Å². The molecule has 0 saturated carbocycles. The van der Waals surface area contributed by atoms with Crippen LogP contribution >= 0.6 is 22.9 Å². The van der Waals surface area contributed by atoms with Crippen LogP contribution in [0, 0.1) is 6.92 Å². The second-order valence-electron chi connectivity index (χ2n) is 9.58. The van der Waals surface area contributed by atoms with Crippen molar-refractivity contribution in [2.45, 2.75) is 58.6 Å². The molecule has 1 atom stereocenters. The number of amides is 1. The molecule has 5 rings (SSSR count). The lowest BCUT2D eigenvalue weighted by Crippen LogP contribution is -2.55. The van der Waals surface area contributed by atoms with Crippen molar-refractivity contribution in [3.63, 3.8) is 0 Å². The number of carboxylic acid groups (broad SMARTS) is 1. The highest BCUT2D eigenvalue weighted by molar-refractivity contribution is 7.09. The third-order valence-electron chi connectivity index (χ3n) is 6.71. The number of aliphatic carboxylic acids is 1. The van der Waals surface area contributed by atoms with Crippen LogP contribution in [0.15, 0.2) is 77.2 Å². The van der Waals surface area contributed by atoms with Crippen LogP contribution in [0.2, 0.25) is 0 Å². The highest BCUT2D eigenvalue weighted by atomic mass is 35.5. The molecule has 2 aliphatic carbocycles. The summed E-state index contributed by atoms with van der Waals surface area (Å²) in [6.45, 7) is 6.33. The van der Waals surface area contributed by atoms with Crippen molar-refractivity contribution < 1.29 is 19.4 Å². The molecule has 0 fully saturated rings. The zero-order valence-corrected chi connectivity index (χ0v) is 24.4. The molecule has 1 heterocycles. The Labute approximate surface area is 244 Å². The van der Waals surface area contributed by atoms with Gasteiger partial charge in [0, 0.05) is 29.7 Å². The van der Waals surface area contributed by atoms with Gasteiger partial charge in [0.1, 0.15) is 17.9 Å². The number of carbonyl (C=O) groups is 2. The zero-order chi connectivity index (χ0) is 28.7. The fraction of sp³-hybridized carbons (Fsp3) is 0.281. The minimum Gasteiger partial charge on any atom is -0.487 e. The zero-order valence-electron chi connectivity index (χ0n) is 22.9. The molecule has 0 spiro atoms. The Hall–Kier alpha value is -3.68. The van der Waals surface area contributed by atoms with Gasteiger partial charge in [-0.15, -0.1) is 11.3 Å². The van der Waals surface area contributed by atoms with Gasteiger partial charge in [-0.2, -0.15) is 0 Å². The van der Waals surface area contributed by atoms with Crippen molar-refractivity contribution in [1.82, 2.24) is 10.3 Å². The topological polar surface area (TPSA) is 88.5 Å². The Morgan fingerprint density at radius 2 is 1.85 bits per heavy atom. The van der Waals surface area contributed by atoms with Crippen LogP contribution in [-0.4, -0.2) is 27.5 Å². The highest BCUT2D eigenvalue weighted by Crippen LogP contribution is 2.34. The minimum atomic E-state index is -1.37. The smallest absolute Gasteiger partial charge is 0.330 e. The molecule has 0 saturated heterocycles. The number of hydrogen-bond acceptors (Lipinski definition) is 5. The predicted octanol–water partition coefficient (Wildman–Crippen LogP) is 6.80. The van der Waals surface area contributed by atoms with Gasteiger partial charge in [0.2, 0.25) is 5.91 Å². The normalized spacial score (nSPS) is 17.5. The lowest BCUT2D eigenvalue weighted by Gasteiger charge is -2.25. The van der Waals surface area contributed by atoms with Crippen molar-refractivity contribution in [3.05, 3.63) is 110 Å². The Balaban J connectivity index is 0.00000181. The molecular weight excluding hydrogens is 544 g/mol. The first-order valence-electron chi connectivity index (χ1n) is 13.3. The monoisotopic (exact) mass is 576 g/mol. The summed E-state index contributed by atoms with van der Waals surface area (Å²) in [6, 6.07) is 13.2. The van der Waals surface area contributed by atoms with E-state index in [1.54, 1.807) is 23.5 Å². The number of fused-ring (bicyclic) bond motifs is 1. The Morgan fingerprint density at radius 1 is 1.10 bits per heavy atom. The van der Waals surface area contributed by atoms with E-state index in [0.717, 1.165) is 43.6 Å². The molecule has 8 heteroatoms. The fourth-order valence-electron chi connectivity index (χ4n) is 4.77. The van der Waals surface area contributed by atoms with Gasteiger partial charge in [-0.05, 0) is 53.0 Å². The molecule has 0 bridgehead atoms. The SMILES string of the molecule is CC.Cc1nc(COc2ccc(CC(=O)NC3(C(=O)O)Cc4ccc(C5=CC=C(Cl)CC=C5)cc4C3)cc2)cs1. The lowest BCUT2D eigenvalue weighted by molar-refractivity contribution is -0.147. The largest absolute Gasteiger partial charge is 0.487 e. The van der Waals surface area contributed by atoms with Crippen LogP contribution < -0.4 is 10.1 Å². The predicted molar refractivity (Wildman–Crippen MR) is 161 cm³/mol. The van der Waals surface area contributed by atoms with Gasteiger partial charge < -0.3 is 15.2 Å². The van der Waals surface area contributed by atoms with Crippen LogP contribution in [0.1, 0.15) is 53.2 Å². The van der Waals surface area contributed by atoms with Gasteiger partial charge in [0.25, 0.3) is 0 Å². The number of allylic oxidation sites excluding steroid dienone is 6. The molecule has 0 radical (unpaired) electrons. The molecule has 1 aromatic heterocycles. The second-order valence-corrected chi connectivity index (χ2v) is 11.1. The van der Waals surface area contributed by atoms with Gasteiger partial charge in [-0.25, -0.2) is 9.78 Å². The van der Waals surface area contributed by atoms with E-state index in [1.807, 2.05) is 80.8 Å². The third-order valence-corrected chi connectivity index (χ3v) is 7.81. The summed E-state index contributed by atoms with van der Waals surface area (Å²) in [6.07, 6.45) is 9.10. The van der Waals surface area contributed by atoms with E-state index in [9.17, 15) is 14.7 Å². The average Bonchev–Trinajstić information content (AvgIpc) is 3.46. The number of ether oxygens (including phenoxy) is 1. The Bertz CT molecular complexity index is 1470. The summed E-state index contributed by atoms with van der Waals surface area (Å²) in [7, 11) is 0. The van der Waals surface area contributed by atoms with E-state index < -0.39 is 11.5 Å². The molecular formula is C32H33ClN2O4S. The number of aryl methyl sites for hydroxylation is 1. The summed E-state index contributed by atoms with van der Waals surface area (Å²) in [5.41, 5.74) is 4.14. The summed E-state index contributed by atoms with van der Waals surface area (Å²) in [5, 5.41) is 16.7. The molecule has 208 valence electrons. The summed E-state index contributed by atoms with van der Waals surface area (Å²) in [5.74, 6) is -0.686. The van der Waals surface area contributed by atoms with E-state index in [0.29, 0.717) is 18.8 Å². The van der Waals surface area contributed by atoms with Gasteiger partial charge in [0.05, 0.1) is 17.1 Å². The summed E-state index contributed by atoms with van der Waals surface area (Å²) >= 11 is 7.72. The lowest BCUT2D eigenvalue weighted by atomic mass is 9.95. The number of carbonyl (C=O) groups excluding carboxylic acids is 1. The first-order valence-corrected chi connectivity index (χ1v) is 14.6. The number of benzene rings is 2. The van der Waals surface area contributed by atoms with E-state index in [-0.39, 0.29) is 25.2 Å². The first-order chi connectivity index (χ1) is 19.3. The third kappa shape index (κ3) is 7.09. The summed E-state index contributed by atoms with van der Waals surface area (Å²) in [4.78, 5) is 29.7. The number of hydrogen-bond donors (Lipinski definition) is 2. The number of nitrogens with one attached hydrogen (secondary N) is 1. The molecule has 3 aromatic rings. The highest BCUT2D eigenvalue weighted by Gasteiger charge is 2.45. The molecule has 0 aliphatic heterocycles. The van der Waals surface area contributed by atoms with Gasteiger partial charge in [-0.1, -0.05) is 74.0 Å². The van der Waals surface area contributed by atoms with Gasteiger partial charge in [0.15, 0.2) is 0 Å². The van der Waals surface area contributed by atoms with E-state index in [4.69, 9.17) is 16.3 Å². The minimum absolute atomic E-state index is 0.0763. The molecule has 2 aromatic carbocycles. The van der Waals surface area contributed by atoms with Crippen LogP contribution in [0.4, 0.5) is 0 Å². The van der Waals surface area contributed by atoms with Crippen LogP contribution in [0.5, 0.6) is 5.75 Å². The van der Waals surface area contributed by atoms with Crippen LogP contribution in [-0.2, 0) is 35.5 Å². The maximum Gasteiger partial charge on any atom is 0.330 e. The Morgan fingerprint density at radius 3 is 2.55 bits per heavy atom. The number of halogens is 1. The van der Waals surface area contributed by atoms with Crippen molar-refractivity contribution >= 4 is 40.4 Å². The maximum atomic E-state index is 13.0. The van der Waals surface area contributed by atoms with Gasteiger partial charge in [-0.3, -0.25) is 4.79 Å². The van der Waals surface area contributed by atoms with Crippen LogP contribution in [0.3, 0.4) is 0 Å². The van der Waals surface area contributed by atoms with Crippen molar-refractivity contribution in [2.24, 2.45) is 0 Å². The van der Waals surface area contributed by atoms with Crippen LogP contribution in [0.25, 0.3) is 5.57 Å². The second kappa shape index (κ2) is 13.1. The quantitative estimate of drug-likeness (QED) is 0.308. The maximum absolute atomic E-state index is 13.0. The standard InChI is InChI=1S/C30H27ClN2O4S.C2H6/c1-19-32-26(18-38-19)17-37-27-11-5-20(6-12-27)13-28(34)33-30(29(35)36)15-23-8-7-22(14-24(23)16-30)21-3-2-4-25(31)10-9-21;1-2/h2-3,5-12,14,18H,4,13,15-17H2,1H3,(H,33,34)(H,35,36);1-2H3. The molecule has 6 nitrogen and oxygen atoms in total. The molecule has 1 amide bonds.